The summed E-state index contributed by atoms with van der Waals surface area (Å²) >= 11 is 0. The van der Waals surface area contributed by atoms with E-state index in [0.717, 1.165) is 18.4 Å². The van der Waals surface area contributed by atoms with Gasteiger partial charge in [0.2, 0.25) is 5.91 Å². The van der Waals surface area contributed by atoms with Crippen molar-refractivity contribution in [3.05, 3.63) is 42.1 Å². The summed E-state index contributed by atoms with van der Waals surface area (Å²) < 4.78 is 5.34. The van der Waals surface area contributed by atoms with Crippen LogP contribution in [-0.2, 0) is 4.79 Å². The minimum absolute atomic E-state index is 0.0360. The lowest BCUT2D eigenvalue weighted by atomic mass is 9.78. The molecule has 2 fully saturated rings. The Kier molecular flexibility index (Phi) is 4.70. The van der Waals surface area contributed by atoms with E-state index in [1.807, 2.05) is 30.3 Å². The molecule has 27 heavy (non-hydrogen) atoms. The van der Waals surface area contributed by atoms with Gasteiger partial charge >= 0.3 is 0 Å². The van der Waals surface area contributed by atoms with E-state index in [9.17, 15) is 14.7 Å². The third-order valence-electron chi connectivity index (χ3n) is 5.62. The molecular weight excluding hydrogens is 346 g/mol. The van der Waals surface area contributed by atoms with Crippen molar-refractivity contribution in [2.24, 2.45) is 5.41 Å². The smallest absolute Gasteiger partial charge is 0.276 e. The van der Waals surface area contributed by atoms with E-state index in [2.05, 4.69) is 5.16 Å². The number of hydrogen-bond acceptors (Lipinski definition) is 5. The van der Waals surface area contributed by atoms with Gasteiger partial charge in [0.15, 0.2) is 11.5 Å². The number of likely N-dealkylation sites (tertiary alicyclic amines) is 2. The van der Waals surface area contributed by atoms with Crippen LogP contribution in [-0.4, -0.2) is 64.7 Å². The Labute approximate surface area is 157 Å². The fourth-order valence-corrected chi connectivity index (χ4v) is 4.19. The van der Waals surface area contributed by atoms with Crippen molar-refractivity contribution in [2.45, 2.75) is 19.3 Å². The molecule has 0 unspecified atom stereocenters. The van der Waals surface area contributed by atoms with Crippen molar-refractivity contribution in [2.75, 3.05) is 32.8 Å². The normalized spacial score (nSPS) is 22.6. The number of nitrogens with zero attached hydrogens (tertiary/aromatic N) is 3. The highest BCUT2D eigenvalue weighted by molar-refractivity contribution is 5.94. The Morgan fingerprint density at radius 1 is 1.22 bits per heavy atom. The molecule has 3 heterocycles. The minimum atomic E-state index is -0.519. The first-order valence-electron chi connectivity index (χ1n) is 9.35. The second-order valence-corrected chi connectivity index (χ2v) is 7.32. The quantitative estimate of drug-likeness (QED) is 0.888. The van der Waals surface area contributed by atoms with E-state index >= 15 is 0 Å². The van der Waals surface area contributed by atoms with Gasteiger partial charge in [-0.25, -0.2) is 0 Å². The van der Waals surface area contributed by atoms with Crippen molar-refractivity contribution < 1.29 is 19.2 Å². The second-order valence-electron chi connectivity index (χ2n) is 7.32. The highest BCUT2D eigenvalue weighted by Gasteiger charge is 2.49. The van der Waals surface area contributed by atoms with Crippen LogP contribution in [0.2, 0.25) is 0 Å². The molecule has 7 heteroatoms. The zero-order valence-corrected chi connectivity index (χ0v) is 15.1. The Hall–Kier alpha value is -2.67. The van der Waals surface area contributed by atoms with Crippen molar-refractivity contribution in [3.63, 3.8) is 0 Å². The van der Waals surface area contributed by atoms with Gasteiger partial charge in [-0.05, 0) is 19.3 Å². The molecule has 1 aromatic heterocycles. The number of amides is 2. The Bertz CT molecular complexity index is 833. The number of piperidine rings is 1. The molecule has 0 aliphatic carbocycles. The molecule has 2 aliphatic rings. The van der Waals surface area contributed by atoms with Gasteiger partial charge in [-0.3, -0.25) is 9.59 Å². The van der Waals surface area contributed by atoms with Crippen molar-refractivity contribution in [1.82, 2.24) is 15.0 Å². The van der Waals surface area contributed by atoms with E-state index in [1.165, 1.54) is 0 Å². The number of β-amino-alcohol motifs (C(OH)–C–C–N with tert-alkyl or cyclic N) is 1. The highest BCUT2D eigenvalue weighted by Crippen LogP contribution is 2.40. The third-order valence-corrected chi connectivity index (χ3v) is 5.62. The lowest BCUT2D eigenvalue weighted by molar-refractivity contribution is -0.146. The Morgan fingerprint density at radius 2 is 2.04 bits per heavy atom. The summed E-state index contributed by atoms with van der Waals surface area (Å²) in [5.74, 6) is 0.406. The van der Waals surface area contributed by atoms with Gasteiger partial charge in [0.1, 0.15) is 0 Å². The average Bonchev–Trinajstić information content (AvgIpc) is 3.35. The van der Waals surface area contributed by atoms with E-state index in [0.29, 0.717) is 38.4 Å². The molecule has 2 amide bonds. The number of aliphatic hydroxyl groups is 1. The van der Waals surface area contributed by atoms with Gasteiger partial charge in [-0.1, -0.05) is 35.5 Å². The zero-order valence-electron chi connectivity index (χ0n) is 15.1. The average molecular weight is 369 g/mol. The predicted octanol–water partition coefficient (Wildman–Crippen LogP) is 1.79. The van der Waals surface area contributed by atoms with E-state index in [4.69, 9.17) is 4.52 Å². The number of aromatic nitrogens is 1. The number of aliphatic hydroxyl groups excluding tert-OH is 1. The monoisotopic (exact) mass is 369 g/mol. The molecule has 1 N–H and O–H groups in total. The predicted molar refractivity (Wildman–Crippen MR) is 97.8 cm³/mol. The Balaban J connectivity index is 1.48. The maximum atomic E-state index is 12.9. The fourth-order valence-electron chi connectivity index (χ4n) is 4.19. The largest absolute Gasteiger partial charge is 0.395 e. The van der Waals surface area contributed by atoms with Crippen LogP contribution in [0.4, 0.5) is 0 Å². The van der Waals surface area contributed by atoms with E-state index in [1.54, 1.807) is 15.9 Å². The Morgan fingerprint density at radius 3 is 2.81 bits per heavy atom. The molecule has 1 atom stereocenters. The maximum Gasteiger partial charge on any atom is 0.276 e. The topological polar surface area (TPSA) is 86.9 Å². The highest BCUT2D eigenvalue weighted by atomic mass is 16.5. The summed E-state index contributed by atoms with van der Waals surface area (Å²) in [6, 6.07) is 11.2. The van der Waals surface area contributed by atoms with E-state index in [-0.39, 0.29) is 24.1 Å². The fraction of sp³-hybridized carbons (Fsp3) is 0.450. The van der Waals surface area contributed by atoms with Crippen molar-refractivity contribution >= 4 is 11.8 Å². The standard InChI is InChI=1S/C20H23N3O4/c24-12-11-22-9-4-7-20(19(22)26)8-10-23(14-20)18(25)16-13-17(27-21-16)15-5-2-1-3-6-15/h1-3,5-6,13,24H,4,7-12,14H2/t20-/m1/s1. The molecule has 1 aromatic carbocycles. The molecule has 4 rings (SSSR count). The number of carbonyl (C=O) groups excluding carboxylic acids is 2. The number of benzene rings is 1. The third kappa shape index (κ3) is 3.23. The van der Waals surface area contributed by atoms with Crippen LogP contribution in [0.3, 0.4) is 0 Å². The van der Waals surface area contributed by atoms with Crippen LogP contribution in [0.15, 0.2) is 40.9 Å². The molecule has 1 spiro atoms. The molecule has 0 bridgehead atoms. The summed E-state index contributed by atoms with van der Waals surface area (Å²) in [5, 5.41) is 13.1. The summed E-state index contributed by atoms with van der Waals surface area (Å²) in [7, 11) is 0. The molecule has 2 saturated heterocycles. The number of hydrogen-bond donors (Lipinski definition) is 1. The lowest BCUT2D eigenvalue weighted by Gasteiger charge is -2.39. The van der Waals surface area contributed by atoms with Crippen LogP contribution in [0.25, 0.3) is 11.3 Å². The van der Waals surface area contributed by atoms with Crippen molar-refractivity contribution in [3.8, 4) is 11.3 Å². The first kappa shape index (κ1) is 17.7. The number of rotatable bonds is 4. The van der Waals surface area contributed by atoms with E-state index < -0.39 is 5.41 Å². The first-order chi connectivity index (χ1) is 13.1. The van der Waals surface area contributed by atoms with Crippen LogP contribution in [0, 0.1) is 5.41 Å². The summed E-state index contributed by atoms with van der Waals surface area (Å²) in [6.07, 6.45) is 2.34. The molecule has 0 radical (unpaired) electrons. The summed E-state index contributed by atoms with van der Waals surface area (Å²) in [6.45, 7) is 1.94. The maximum absolute atomic E-state index is 12.9. The summed E-state index contributed by atoms with van der Waals surface area (Å²) in [4.78, 5) is 29.2. The van der Waals surface area contributed by atoms with Crippen molar-refractivity contribution in [1.29, 1.82) is 0 Å². The molecular formula is C20H23N3O4. The second kappa shape index (κ2) is 7.15. The molecule has 0 saturated carbocycles. The lowest BCUT2D eigenvalue weighted by Crippen LogP contribution is -2.51. The minimum Gasteiger partial charge on any atom is -0.395 e. The van der Waals surface area contributed by atoms with Gasteiger partial charge in [0, 0.05) is 37.8 Å². The first-order valence-corrected chi connectivity index (χ1v) is 9.35. The van der Waals surface area contributed by atoms with Gasteiger partial charge in [0.25, 0.3) is 5.91 Å². The van der Waals surface area contributed by atoms with Crippen LogP contribution < -0.4 is 0 Å². The van der Waals surface area contributed by atoms with Gasteiger partial charge in [-0.2, -0.15) is 0 Å². The van der Waals surface area contributed by atoms with Gasteiger partial charge in [-0.15, -0.1) is 0 Å². The SMILES string of the molecule is O=C(c1cc(-c2ccccc2)on1)N1CC[C@]2(CCCN(CCO)C2=O)C1. The van der Waals surface area contributed by atoms with Gasteiger partial charge in [0.05, 0.1) is 12.0 Å². The number of carbonyl (C=O) groups is 2. The molecule has 142 valence electrons. The van der Waals surface area contributed by atoms with Crippen LogP contribution >= 0.6 is 0 Å². The molecule has 2 aromatic rings. The van der Waals surface area contributed by atoms with Crippen LogP contribution in [0.5, 0.6) is 0 Å². The van der Waals surface area contributed by atoms with Gasteiger partial charge < -0.3 is 19.4 Å². The molecule has 7 nitrogen and oxygen atoms in total. The summed E-state index contributed by atoms with van der Waals surface area (Å²) in [5.41, 5.74) is 0.611. The zero-order chi connectivity index (χ0) is 18.9. The van der Waals surface area contributed by atoms with Crippen LogP contribution in [0.1, 0.15) is 29.8 Å². The molecule has 2 aliphatic heterocycles.